The monoisotopic (exact) mass is 447 g/mol. The molecule has 2 aliphatic heterocycles. The molecule has 2 amide bonds. The summed E-state index contributed by atoms with van der Waals surface area (Å²) in [6.45, 7) is 0.789. The number of urea groups is 1. The molecule has 1 unspecified atom stereocenters. The van der Waals surface area contributed by atoms with Gasteiger partial charge in [-0.1, -0.05) is 36.8 Å². The van der Waals surface area contributed by atoms with E-state index in [9.17, 15) is 18.0 Å². The maximum Gasteiger partial charge on any atom is 0.418 e. The van der Waals surface area contributed by atoms with E-state index in [1.165, 1.54) is 18.2 Å². The van der Waals surface area contributed by atoms with E-state index in [2.05, 4.69) is 21.6 Å². The Morgan fingerprint density at radius 2 is 1.72 bits per heavy atom. The smallest absolute Gasteiger partial charge is 0.418 e. The number of benzene rings is 2. The maximum absolute atomic E-state index is 13.2. The van der Waals surface area contributed by atoms with Crippen molar-refractivity contribution in [2.24, 2.45) is 0 Å². The molecule has 0 radical (unpaired) electrons. The highest BCUT2D eigenvalue weighted by Gasteiger charge is 2.39. The van der Waals surface area contributed by atoms with Crippen LogP contribution in [0.3, 0.4) is 0 Å². The second-order valence-electron chi connectivity index (χ2n) is 8.53. The Labute approximate surface area is 185 Å². The van der Waals surface area contributed by atoms with Gasteiger partial charge in [-0.3, -0.25) is 4.90 Å². The molecule has 2 aromatic carbocycles. The fourth-order valence-electron chi connectivity index (χ4n) is 5.07. The van der Waals surface area contributed by atoms with Crippen LogP contribution in [0.1, 0.15) is 43.2 Å². The molecule has 5 nitrogen and oxygen atoms in total. The summed E-state index contributed by atoms with van der Waals surface area (Å²) in [6.07, 6.45) is 0.269. The van der Waals surface area contributed by atoms with Gasteiger partial charge < -0.3 is 15.4 Å². The van der Waals surface area contributed by atoms with Gasteiger partial charge in [-0.05, 0) is 43.9 Å². The predicted molar refractivity (Wildman–Crippen MR) is 117 cm³/mol. The van der Waals surface area contributed by atoms with Crippen LogP contribution in [0.4, 0.5) is 23.7 Å². The zero-order chi connectivity index (χ0) is 22.7. The molecule has 2 bridgehead atoms. The summed E-state index contributed by atoms with van der Waals surface area (Å²) in [5.41, 5.74) is 0.0600. The van der Waals surface area contributed by atoms with Crippen LogP contribution in [0.15, 0.2) is 48.5 Å². The number of fused-ring (bicyclic) bond motifs is 2. The average molecular weight is 448 g/mol. The standard InChI is InChI=1S/C24H28F3N3O2/c1-32-22-12-5-2-7-16(22)15-30-18-8-6-9-19(30)14-17(13-18)28-23(31)29-21-11-4-3-10-20(21)24(25,26)27/h2-5,7,10-12,17-19H,6,8-9,13-15H2,1H3,(H2,28,29,31)/t17?,18-,19+. The summed E-state index contributed by atoms with van der Waals surface area (Å²) in [5.74, 6) is 0.869. The number of ether oxygens (including phenoxy) is 1. The van der Waals surface area contributed by atoms with Crippen molar-refractivity contribution in [2.75, 3.05) is 12.4 Å². The third-order valence-electron chi connectivity index (χ3n) is 6.49. The van der Waals surface area contributed by atoms with Crippen LogP contribution in [0.5, 0.6) is 5.75 Å². The molecule has 3 atom stereocenters. The van der Waals surface area contributed by atoms with Crippen molar-refractivity contribution in [1.29, 1.82) is 0 Å². The summed E-state index contributed by atoms with van der Waals surface area (Å²) in [5, 5.41) is 5.31. The summed E-state index contributed by atoms with van der Waals surface area (Å²) < 4.78 is 45.1. The van der Waals surface area contributed by atoms with Gasteiger partial charge in [-0.2, -0.15) is 13.2 Å². The van der Waals surface area contributed by atoms with Crippen molar-refractivity contribution in [3.8, 4) is 5.75 Å². The van der Waals surface area contributed by atoms with Gasteiger partial charge in [0.05, 0.1) is 18.4 Å². The van der Waals surface area contributed by atoms with Crippen LogP contribution in [0.2, 0.25) is 0 Å². The van der Waals surface area contributed by atoms with E-state index in [-0.39, 0.29) is 11.7 Å². The van der Waals surface area contributed by atoms with Crippen LogP contribution in [-0.4, -0.2) is 36.2 Å². The number of amides is 2. The Morgan fingerprint density at radius 1 is 1.06 bits per heavy atom. The lowest BCUT2D eigenvalue weighted by molar-refractivity contribution is -0.136. The van der Waals surface area contributed by atoms with Crippen molar-refractivity contribution in [1.82, 2.24) is 10.2 Å². The first-order chi connectivity index (χ1) is 15.3. The third-order valence-corrected chi connectivity index (χ3v) is 6.49. The normalized spacial score (nSPS) is 23.4. The third kappa shape index (κ3) is 5.01. The molecule has 2 aromatic rings. The number of para-hydroxylation sites is 2. The number of halogens is 3. The lowest BCUT2D eigenvalue weighted by Gasteiger charge is -2.49. The van der Waals surface area contributed by atoms with E-state index in [4.69, 9.17) is 4.74 Å². The van der Waals surface area contributed by atoms with Gasteiger partial charge in [-0.15, -0.1) is 0 Å². The number of anilines is 1. The fourth-order valence-corrected chi connectivity index (χ4v) is 5.07. The number of methoxy groups -OCH3 is 1. The van der Waals surface area contributed by atoms with Crippen LogP contribution in [0, 0.1) is 0 Å². The van der Waals surface area contributed by atoms with Crippen LogP contribution in [-0.2, 0) is 12.7 Å². The minimum atomic E-state index is -4.52. The van der Waals surface area contributed by atoms with E-state index in [1.54, 1.807) is 7.11 Å². The van der Waals surface area contributed by atoms with E-state index in [0.29, 0.717) is 12.1 Å². The molecule has 172 valence electrons. The van der Waals surface area contributed by atoms with Gasteiger partial charge >= 0.3 is 12.2 Å². The highest BCUT2D eigenvalue weighted by Crippen LogP contribution is 2.37. The largest absolute Gasteiger partial charge is 0.496 e. The SMILES string of the molecule is COc1ccccc1CN1[C@@H]2CCC[C@H]1CC(NC(=O)Nc1ccccc1C(F)(F)F)C2. The van der Waals surface area contributed by atoms with Gasteiger partial charge in [0.25, 0.3) is 0 Å². The predicted octanol–water partition coefficient (Wildman–Crippen LogP) is 5.42. The van der Waals surface area contributed by atoms with Gasteiger partial charge in [0.1, 0.15) is 5.75 Å². The van der Waals surface area contributed by atoms with Gasteiger partial charge in [0.2, 0.25) is 0 Å². The van der Waals surface area contributed by atoms with Gasteiger partial charge in [-0.25, -0.2) is 4.79 Å². The first-order valence-electron chi connectivity index (χ1n) is 11.0. The van der Waals surface area contributed by atoms with E-state index in [0.717, 1.165) is 56.0 Å². The van der Waals surface area contributed by atoms with E-state index < -0.39 is 17.8 Å². The number of hydrogen-bond donors (Lipinski definition) is 2. The first kappa shape index (κ1) is 22.5. The lowest BCUT2D eigenvalue weighted by atomic mass is 9.81. The Bertz CT molecular complexity index is 936. The zero-order valence-electron chi connectivity index (χ0n) is 18.0. The highest BCUT2D eigenvalue weighted by atomic mass is 19.4. The summed E-state index contributed by atoms with van der Waals surface area (Å²) in [7, 11) is 1.67. The van der Waals surface area contributed by atoms with Gasteiger partial charge in [0, 0.05) is 30.2 Å². The molecule has 0 aromatic heterocycles. The number of piperidine rings is 2. The molecule has 2 saturated heterocycles. The van der Waals surface area contributed by atoms with E-state index >= 15 is 0 Å². The molecule has 2 heterocycles. The van der Waals surface area contributed by atoms with Crippen molar-refractivity contribution < 1.29 is 22.7 Å². The van der Waals surface area contributed by atoms with E-state index in [1.807, 2.05) is 18.2 Å². The number of rotatable bonds is 5. The number of nitrogens with one attached hydrogen (secondary N) is 2. The summed E-state index contributed by atoms with van der Waals surface area (Å²) in [4.78, 5) is 15.0. The van der Waals surface area contributed by atoms with Crippen molar-refractivity contribution >= 4 is 11.7 Å². The number of nitrogens with zero attached hydrogens (tertiary/aromatic N) is 1. The Hall–Kier alpha value is -2.74. The summed E-state index contributed by atoms with van der Waals surface area (Å²) >= 11 is 0. The molecule has 2 N–H and O–H groups in total. The van der Waals surface area contributed by atoms with Gasteiger partial charge in [0.15, 0.2) is 0 Å². The molecule has 2 fully saturated rings. The van der Waals surface area contributed by atoms with Crippen LogP contribution < -0.4 is 15.4 Å². The fraction of sp³-hybridized carbons (Fsp3) is 0.458. The topological polar surface area (TPSA) is 53.6 Å². The summed E-state index contributed by atoms with van der Waals surface area (Å²) in [6, 6.07) is 13.0. The maximum atomic E-state index is 13.2. The van der Waals surface area contributed by atoms with Crippen molar-refractivity contribution in [3.63, 3.8) is 0 Å². The molecule has 2 aliphatic rings. The van der Waals surface area contributed by atoms with Crippen LogP contribution in [0.25, 0.3) is 0 Å². The molecule has 8 heteroatoms. The molecule has 0 aliphatic carbocycles. The zero-order valence-corrected chi connectivity index (χ0v) is 18.0. The number of carbonyl (C=O) groups excluding carboxylic acids is 1. The Balaban J connectivity index is 1.40. The second kappa shape index (κ2) is 9.40. The molecule has 0 saturated carbocycles. The minimum absolute atomic E-state index is 0.0720. The number of hydrogen-bond acceptors (Lipinski definition) is 3. The molecule has 4 rings (SSSR count). The highest BCUT2D eigenvalue weighted by molar-refractivity contribution is 5.90. The molecular weight excluding hydrogens is 419 g/mol. The molecule has 0 spiro atoms. The second-order valence-corrected chi connectivity index (χ2v) is 8.53. The lowest BCUT2D eigenvalue weighted by Crippen LogP contribution is -2.56. The average Bonchev–Trinajstić information content (AvgIpc) is 2.74. The first-order valence-corrected chi connectivity index (χ1v) is 11.0. The van der Waals surface area contributed by atoms with Crippen molar-refractivity contribution in [3.05, 3.63) is 59.7 Å². The molecular formula is C24H28F3N3O2. The van der Waals surface area contributed by atoms with Crippen LogP contribution >= 0.6 is 0 Å². The quantitative estimate of drug-likeness (QED) is 0.644. The Morgan fingerprint density at radius 3 is 2.41 bits per heavy atom. The number of carbonyl (C=O) groups is 1. The van der Waals surface area contributed by atoms with Crippen molar-refractivity contribution in [2.45, 2.75) is 63.0 Å². The number of alkyl halides is 3. The minimum Gasteiger partial charge on any atom is -0.496 e. The Kier molecular flexibility index (Phi) is 6.60. The molecule has 32 heavy (non-hydrogen) atoms.